The van der Waals surface area contributed by atoms with E-state index in [0.717, 1.165) is 30.8 Å². The Hall–Kier alpha value is -2.13. The average Bonchev–Trinajstić information content (AvgIpc) is 3.02. The van der Waals surface area contributed by atoms with Crippen molar-refractivity contribution in [2.24, 2.45) is 5.41 Å². The van der Waals surface area contributed by atoms with Crippen LogP contribution in [0.1, 0.15) is 46.7 Å². The minimum absolute atomic E-state index is 0.0952. The number of likely N-dealkylation sites (tertiary alicyclic amines) is 1. The summed E-state index contributed by atoms with van der Waals surface area (Å²) in [5.41, 5.74) is 3.91. The molecule has 0 bridgehead atoms. The molecule has 1 heterocycles. The van der Waals surface area contributed by atoms with Gasteiger partial charge in [-0.25, -0.2) is 0 Å². The Kier molecular flexibility index (Phi) is 4.58. The fourth-order valence-corrected chi connectivity index (χ4v) is 4.82. The second-order valence-corrected chi connectivity index (χ2v) is 8.21. The smallest absolute Gasteiger partial charge is 0.253 e. The molecule has 0 radical (unpaired) electrons. The topological polar surface area (TPSA) is 23.6 Å². The van der Waals surface area contributed by atoms with Gasteiger partial charge in [0.2, 0.25) is 0 Å². The van der Waals surface area contributed by atoms with Crippen LogP contribution < -0.4 is 0 Å². The van der Waals surface area contributed by atoms with Crippen LogP contribution in [0, 0.1) is 5.41 Å². The van der Waals surface area contributed by atoms with E-state index in [-0.39, 0.29) is 5.91 Å². The van der Waals surface area contributed by atoms with Gasteiger partial charge >= 0.3 is 0 Å². The molecule has 0 N–H and O–H groups in total. The van der Waals surface area contributed by atoms with E-state index in [4.69, 9.17) is 0 Å². The number of carbonyl (C=O) groups excluding carboxylic acids is 1. The van der Waals surface area contributed by atoms with E-state index in [1.165, 1.54) is 24.8 Å². The number of carbonyl (C=O) groups is 1. The van der Waals surface area contributed by atoms with Gasteiger partial charge in [0.05, 0.1) is 0 Å². The summed E-state index contributed by atoms with van der Waals surface area (Å²) in [6, 6.07) is 19.1. The maximum absolute atomic E-state index is 12.5. The number of hydrogen-bond donors (Lipinski definition) is 0. The van der Waals surface area contributed by atoms with Crippen molar-refractivity contribution in [1.82, 2.24) is 9.80 Å². The predicted molar refractivity (Wildman–Crippen MR) is 105 cm³/mol. The number of hydrogen-bond acceptors (Lipinski definition) is 2. The first-order valence-electron chi connectivity index (χ1n) is 9.66. The zero-order valence-electron chi connectivity index (χ0n) is 15.8. The number of nitrogens with zero attached hydrogens (tertiary/aromatic N) is 2. The molecule has 1 unspecified atom stereocenters. The summed E-state index contributed by atoms with van der Waals surface area (Å²) < 4.78 is 0. The average molecular weight is 348 g/mol. The first kappa shape index (κ1) is 17.3. The Balaban J connectivity index is 1.57. The zero-order valence-corrected chi connectivity index (χ0v) is 15.8. The molecule has 1 aliphatic heterocycles. The lowest BCUT2D eigenvalue weighted by Crippen LogP contribution is -2.36. The van der Waals surface area contributed by atoms with E-state index in [2.05, 4.69) is 41.3 Å². The molecule has 1 amide bonds. The quantitative estimate of drug-likeness (QED) is 0.828. The van der Waals surface area contributed by atoms with Crippen molar-refractivity contribution in [1.29, 1.82) is 0 Å². The van der Waals surface area contributed by atoms with E-state index < -0.39 is 0 Å². The molecule has 2 aliphatic rings. The molecule has 1 aliphatic carbocycles. The lowest BCUT2D eigenvalue weighted by atomic mass is 9.61. The van der Waals surface area contributed by atoms with Gasteiger partial charge in [-0.2, -0.15) is 0 Å². The van der Waals surface area contributed by atoms with Crippen LogP contribution in [-0.4, -0.2) is 42.9 Å². The fraction of sp³-hybridized carbons (Fsp3) is 0.435. The highest BCUT2D eigenvalue weighted by atomic mass is 16.2. The van der Waals surface area contributed by atoms with Crippen molar-refractivity contribution in [3.63, 3.8) is 0 Å². The van der Waals surface area contributed by atoms with E-state index in [1.807, 2.05) is 32.3 Å². The van der Waals surface area contributed by atoms with Gasteiger partial charge in [-0.3, -0.25) is 9.69 Å². The summed E-state index contributed by atoms with van der Waals surface area (Å²) in [6.07, 6.45) is 4.02. The molecule has 0 aromatic heterocycles. The fourth-order valence-electron chi connectivity index (χ4n) is 4.82. The summed E-state index contributed by atoms with van der Waals surface area (Å²) in [5, 5.41) is 0. The monoisotopic (exact) mass is 348 g/mol. The number of rotatable bonds is 4. The lowest BCUT2D eigenvalue weighted by molar-refractivity contribution is 0.0825. The number of amides is 1. The van der Waals surface area contributed by atoms with Crippen LogP contribution in [0.3, 0.4) is 0 Å². The zero-order chi connectivity index (χ0) is 18.1. The van der Waals surface area contributed by atoms with Crippen molar-refractivity contribution in [2.75, 3.05) is 27.2 Å². The van der Waals surface area contributed by atoms with Crippen LogP contribution in [-0.2, 0) is 6.54 Å². The van der Waals surface area contributed by atoms with Gasteiger partial charge in [-0.15, -0.1) is 0 Å². The first-order valence-corrected chi connectivity index (χ1v) is 9.66. The lowest BCUT2D eigenvalue weighted by Gasteiger charge is -2.43. The molecule has 1 spiro atoms. The molecule has 136 valence electrons. The van der Waals surface area contributed by atoms with Crippen molar-refractivity contribution in [3.05, 3.63) is 71.3 Å². The van der Waals surface area contributed by atoms with Crippen LogP contribution >= 0.6 is 0 Å². The van der Waals surface area contributed by atoms with Crippen molar-refractivity contribution in [2.45, 2.75) is 31.7 Å². The maximum atomic E-state index is 12.5. The van der Waals surface area contributed by atoms with Gasteiger partial charge in [-0.05, 0) is 35.4 Å². The third-order valence-corrected chi connectivity index (χ3v) is 6.32. The summed E-state index contributed by atoms with van der Waals surface area (Å²) in [6.45, 7) is 3.10. The van der Waals surface area contributed by atoms with Crippen molar-refractivity contribution in [3.8, 4) is 0 Å². The standard InChI is InChI=1S/C23H28N2O/c1-24(2)22(26)20-12-7-6-11-19(20)15-25-16-21(18-9-4-3-5-10-18)23(17-25)13-8-14-23/h3-7,9-12,21H,8,13-17H2,1-2H3. The second-order valence-electron chi connectivity index (χ2n) is 8.21. The SMILES string of the molecule is CN(C)C(=O)c1ccccc1CN1CC(c2ccccc2)C2(CCC2)C1. The van der Waals surface area contributed by atoms with Crippen LogP contribution in [0.2, 0.25) is 0 Å². The molecule has 3 nitrogen and oxygen atoms in total. The largest absolute Gasteiger partial charge is 0.345 e. The Morgan fingerprint density at radius 1 is 1.08 bits per heavy atom. The van der Waals surface area contributed by atoms with E-state index in [1.54, 1.807) is 4.90 Å². The molecule has 1 saturated carbocycles. The minimum Gasteiger partial charge on any atom is -0.345 e. The van der Waals surface area contributed by atoms with Gasteiger partial charge in [0.25, 0.3) is 5.91 Å². The maximum Gasteiger partial charge on any atom is 0.253 e. The van der Waals surface area contributed by atoms with Crippen LogP contribution in [0.4, 0.5) is 0 Å². The summed E-state index contributed by atoms with van der Waals surface area (Å²) in [5.74, 6) is 0.715. The second kappa shape index (κ2) is 6.88. The van der Waals surface area contributed by atoms with Gasteiger partial charge in [0, 0.05) is 45.2 Å². The van der Waals surface area contributed by atoms with Gasteiger partial charge in [-0.1, -0.05) is 55.0 Å². The third-order valence-electron chi connectivity index (χ3n) is 6.32. The van der Waals surface area contributed by atoms with E-state index in [9.17, 15) is 4.79 Å². The molecule has 3 heteroatoms. The Morgan fingerprint density at radius 2 is 1.77 bits per heavy atom. The van der Waals surface area contributed by atoms with Crippen molar-refractivity contribution >= 4 is 5.91 Å². The van der Waals surface area contributed by atoms with E-state index >= 15 is 0 Å². The number of benzene rings is 2. The summed E-state index contributed by atoms with van der Waals surface area (Å²) in [7, 11) is 3.65. The Morgan fingerprint density at radius 3 is 2.42 bits per heavy atom. The molecule has 26 heavy (non-hydrogen) atoms. The molecular weight excluding hydrogens is 320 g/mol. The van der Waals surface area contributed by atoms with E-state index in [0.29, 0.717) is 11.3 Å². The van der Waals surface area contributed by atoms with Gasteiger partial charge < -0.3 is 4.90 Å². The van der Waals surface area contributed by atoms with Crippen LogP contribution in [0.5, 0.6) is 0 Å². The van der Waals surface area contributed by atoms with Crippen LogP contribution in [0.15, 0.2) is 54.6 Å². The van der Waals surface area contributed by atoms with Crippen molar-refractivity contribution < 1.29 is 4.79 Å². The highest BCUT2D eigenvalue weighted by molar-refractivity contribution is 5.95. The molecule has 4 rings (SSSR count). The predicted octanol–water partition coefficient (Wildman–Crippen LogP) is 4.16. The highest BCUT2D eigenvalue weighted by Gasteiger charge is 2.50. The Labute approximate surface area is 156 Å². The molecule has 1 atom stereocenters. The Bertz CT molecular complexity index is 780. The van der Waals surface area contributed by atoms with Gasteiger partial charge in [0.1, 0.15) is 0 Å². The van der Waals surface area contributed by atoms with Crippen LogP contribution in [0.25, 0.3) is 0 Å². The molecular formula is C23H28N2O. The molecule has 2 aromatic carbocycles. The third kappa shape index (κ3) is 3.05. The highest BCUT2D eigenvalue weighted by Crippen LogP contribution is 2.55. The molecule has 2 fully saturated rings. The summed E-state index contributed by atoms with van der Waals surface area (Å²) in [4.78, 5) is 16.8. The first-order chi connectivity index (χ1) is 12.6. The molecule has 1 saturated heterocycles. The van der Waals surface area contributed by atoms with Gasteiger partial charge in [0.15, 0.2) is 0 Å². The molecule has 2 aromatic rings. The normalized spacial score (nSPS) is 21.5. The minimum atomic E-state index is 0.0952. The summed E-state index contributed by atoms with van der Waals surface area (Å²) >= 11 is 0.